The number of hydrogen-bond acceptors (Lipinski definition) is 5. The average molecular weight is 450 g/mol. The number of rotatable bonds is 6. The lowest BCUT2D eigenvalue weighted by Crippen LogP contribution is -2.55. The van der Waals surface area contributed by atoms with Gasteiger partial charge in [0.2, 0.25) is 0 Å². The molecule has 2 aliphatic rings. The van der Waals surface area contributed by atoms with Crippen LogP contribution in [0.3, 0.4) is 0 Å². The zero-order chi connectivity index (χ0) is 23.1. The van der Waals surface area contributed by atoms with Gasteiger partial charge < -0.3 is 19.6 Å². The second-order valence-corrected chi connectivity index (χ2v) is 9.60. The number of ether oxygens (including phenoxy) is 2. The van der Waals surface area contributed by atoms with Crippen molar-refractivity contribution in [3.05, 3.63) is 59.3 Å². The zero-order valence-electron chi connectivity index (χ0n) is 20.0. The van der Waals surface area contributed by atoms with Gasteiger partial charge in [-0.05, 0) is 44.5 Å². The van der Waals surface area contributed by atoms with Crippen LogP contribution in [0, 0.1) is 5.92 Å². The quantitative estimate of drug-likeness (QED) is 0.596. The van der Waals surface area contributed by atoms with Gasteiger partial charge in [0.25, 0.3) is 0 Å². The Morgan fingerprint density at radius 3 is 2.73 bits per heavy atom. The van der Waals surface area contributed by atoms with Crippen molar-refractivity contribution in [3.63, 3.8) is 0 Å². The number of aliphatic hydroxyl groups excluding tert-OH is 1. The molecule has 1 fully saturated rings. The number of para-hydroxylation sites is 2. The van der Waals surface area contributed by atoms with Crippen molar-refractivity contribution in [2.75, 3.05) is 34.4 Å². The van der Waals surface area contributed by atoms with Gasteiger partial charge in [-0.25, -0.2) is 0 Å². The molecular formula is C27H35N3O3. The van der Waals surface area contributed by atoms with Gasteiger partial charge in [0.1, 0.15) is 0 Å². The standard InChI is InChI=1S/C27H35N3O3/c1-17(31)21-16-30-13-12-20-19-9-5-6-10-22(19)28-26(20)24(30)14-23(21)29(2)15-18-8-7-11-25(32-3)27(18)33-4/h5-11,17,21,23-24,28,31H,12-16H2,1-4H3/t17-,21-,23-,24-/m0/s1. The number of nitrogens with zero attached hydrogens (tertiary/aromatic N) is 2. The summed E-state index contributed by atoms with van der Waals surface area (Å²) < 4.78 is 11.2. The maximum atomic E-state index is 10.7. The predicted octanol–water partition coefficient (Wildman–Crippen LogP) is 3.99. The molecule has 2 N–H and O–H groups in total. The van der Waals surface area contributed by atoms with Crippen LogP contribution in [0.1, 0.15) is 36.2 Å². The van der Waals surface area contributed by atoms with Crippen molar-refractivity contribution in [3.8, 4) is 11.5 Å². The second kappa shape index (κ2) is 9.01. The van der Waals surface area contributed by atoms with E-state index in [-0.39, 0.29) is 18.1 Å². The largest absolute Gasteiger partial charge is 0.493 e. The summed E-state index contributed by atoms with van der Waals surface area (Å²) in [4.78, 5) is 8.71. The summed E-state index contributed by atoms with van der Waals surface area (Å²) in [6.45, 7) is 4.63. The summed E-state index contributed by atoms with van der Waals surface area (Å²) in [5, 5.41) is 12.1. The molecule has 1 saturated heterocycles. The molecule has 5 rings (SSSR count). The van der Waals surface area contributed by atoms with E-state index in [4.69, 9.17) is 9.47 Å². The van der Waals surface area contributed by atoms with Gasteiger partial charge in [-0.1, -0.05) is 30.3 Å². The smallest absolute Gasteiger partial charge is 0.165 e. The summed E-state index contributed by atoms with van der Waals surface area (Å²) in [5.41, 5.74) is 5.16. The number of H-pyrrole nitrogens is 1. The molecule has 1 aromatic heterocycles. The fourth-order valence-electron chi connectivity index (χ4n) is 6.09. The number of fused-ring (bicyclic) bond motifs is 5. The van der Waals surface area contributed by atoms with Crippen molar-refractivity contribution in [2.45, 2.75) is 44.5 Å². The fraction of sp³-hybridized carbons (Fsp3) is 0.481. The van der Waals surface area contributed by atoms with E-state index in [1.165, 1.54) is 22.2 Å². The van der Waals surface area contributed by atoms with E-state index in [0.29, 0.717) is 6.04 Å². The number of methoxy groups -OCH3 is 2. The van der Waals surface area contributed by atoms with E-state index < -0.39 is 0 Å². The van der Waals surface area contributed by atoms with E-state index in [1.807, 2.05) is 19.1 Å². The third-order valence-corrected chi connectivity index (χ3v) is 7.76. The van der Waals surface area contributed by atoms with Gasteiger partial charge in [-0.15, -0.1) is 0 Å². The molecule has 0 unspecified atom stereocenters. The molecule has 0 radical (unpaired) electrons. The molecule has 0 amide bonds. The lowest BCUT2D eigenvalue weighted by atomic mass is 9.80. The molecule has 0 saturated carbocycles. The molecule has 4 atom stereocenters. The fourth-order valence-corrected chi connectivity index (χ4v) is 6.09. The van der Waals surface area contributed by atoms with Crippen LogP contribution in [0.5, 0.6) is 11.5 Å². The topological polar surface area (TPSA) is 61.0 Å². The Labute approximate surface area is 196 Å². The Hall–Kier alpha value is -2.54. The zero-order valence-corrected chi connectivity index (χ0v) is 20.0. The lowest BCUT2D eigenvalue weighted by Gasteiger charge is -2.49. The molecule has 0 spiro atoms. The highest BCUT2D eigenvalue weighted by atomic mass is 16.5. The lowest BCUT2D eigenvalue weighted by molar-refractivity contribution is -0.0316. The van der Waals surface area contributed by atoms with Crippen molar-refractivity contribution >= 4 is 10.9 Å². The summed E-state index contributed by atoms with van der Waals surface area (Å²) in [5.74, 6) is 1.72. The minimum atomic E-state index is -0.366. The number of benzene rings is 2. The van der Waals surface area contributed by atoms with E-state index in [2.05, 4.69) is 52.2 Å². The highest BCUT2D eigenvalue weighted by Gasteiger charge is 2.43. The van der Waals surface area contributed by atoms with E-state index in [1.54, 1.807) is 14.2 Å². The van der Waals surface area contributed by atoms with Gasteiger partial charge in [0.05, 0.1) is 26.4 Å². The van der Waals surface area contributed by atoms with E-state index >= 15 is 0 Å². The first-order valence-electron chi connectivity index (χ1n) is 11.9. The normalized spacial score (nSPS) is 23.9. The molecule has 33 heavy (non-hydrogen) atoms. The Bertz CT molecular complexity index is 1120. The molecule has 3 aromatic rings. The first-order valence-corrected chi connectivity index (χ1v) is 11.9. The first kappa shape index (κ1) is 22.3. The van der Waals surface area contributed by atoms with Crippen molar-refractivity contribution in [1.29, 1.82) is 0 Å². The minimum Gasteiger partial charge on any atom is -0.493 e. The molecule has 0 bridgehead atoms. The summed E-state index contributed by atoms with van der Waals surface area (Å²) in [6, 6.07) is 15.3. The minimum absolute atomic E-state index is 0.189. The SMILES string of the molecule is COc1cccc(CN(C)[C@H]2C[C@H]3c4[nH]c5ccccc5c4CCN3C[C@H]2[C@H](C)O)c1OC. The predicted molar refractivity (Wildman–Crippen MR) is 131 cm³/mol. The number of aromatic amines is 1. The van der Waals surface area contributed by atoms with Crippen LogP contribution in [0.15, 0.2) is 42.5 Å². The highest BCUT2D eigenvalue weighted by Crippen LogP contribution is 2.43. The molecule has 6 heteroatoms. The van der Waals surface area contributed by atoms with Crippen LogP contribution in [0.2, 0.25) is 0 Å². The summed E-state index contributed by atoms with van der Waals surface area (Å²) in [7, 11) is 5.53. The third kappa shape index (κ3) is 3.90. The van der Waals surface area contributed by atoms with Gasteiger partial charge in [-0.2, -0.15) is 0 Å². The van der Waals surface area contributed by atoms with Gasteiger partial charge in [-0.3, -0.25) is 9.80 Å². The number of piperidine rings is 1. The Morgan fingerprint density at radius 2 is 1.97 bits per heavy atom. The Balaban J connectivity index is 1.45. The van der Waals surface area contributed by atoms with Crippen molar-refractivity contribution in [2.24, 2.45) is 5.92 Å². The Kier molecular flexibility index (Phi) is 6.08. The van der Waals surface area contributed by atoms with Gasteiger partial charge in [0.15, 0.2) is 11.5 Å². The molecule has 2 aromatic carbocycles. The van der Waals surface area contributed by atoms with E-state index in [9.17, 15) is 5.11 Å². The second-order valence-electron chi connectivity index (χ2n) is 9.60. The first-order chi connectivity index (χ1) is 16.0. The van der Waals surface area contributed by atoms with Crippen LogP contribution in [-0.2, 0) is 13.0 Å². The van der Waals surface area contributed by atoms with Crippen LogP contribution in [-0.4, -0.2) is 66.4 Å². The average Bonchev–Trinajstić information content (AvgIpc) is 3.22. The molecule has 176 valence electrons. The van der Waals surface area contributed by atoms with Crippen LogP contribution in [0.4, 0.5) is 0 Å². The molecule has 3 heterocycles. The molecular weight excluding hydrogens is 414 g/mol. The number of nitrogens with one attached hydrogen (secondary N) is 1. The molecule has 2 aliphatic heterocycles. The summed E-state index contributed by atoms with van der Waals surface area (Å²) in [6.07, 6.45) is 1.68. The van der Waals surface area contributed by atoms with Crippen molar-refractivity contribution < 1.29 is 14.6 Å². The van der Waals surface area contributed by atoms with Crippen LogP contribution in [0.25, 0.3) is 10.9 Å². The van der Waals surface area contributed by atoms with Gasteiger partial charge in [0, 0.05) is 53.8 Å². The number of aromatic nitrogens is 1. The van der Waals surface area contributed by atoms with Crippen LogP contribution >= 0.6 is 0 Å². The number of aliphatic hydroxyl groups is 1. The molecule has 0 aliphatic carbocycles. The van der Waals surface area contributed by atoms with E-state index in [0.717, 1.165) is 49.5 Å². The van der Waals surface area contributed by atoms with Gasteiger partial charge >= 0.3 is 0 Å². The summed E-state index contributed by atoms with van der Waals surface area (Å²) >= 11 is 0. The number of hydrogen-bond donors (Lipinski definition) is 2. The highest BCUT2D eigenvalue weighted by molar-refractivity contribution is 5.85. The Morgan fingerprint density at radius 1 is 1.15 bits per heavy atom. The third-order valence-electron chi connectivity index (χ3n) is 7.76. The molecule has 6 nitrogen and oxygen atoms in total. The van der Waals surface area contributed by atoms with Crippen LogP contribution < -0.4 is 9.47 Å². The monoisotopic (exact) mass is 449 g/mol. The maximum Gasteiger partial charge on any atom is 0.165 e. The maximum absolute atomic E-state index is 10.7. The van der Waals surface area contributed by atoms with Crippen molar-refractivity contribution in [1.82, 2.24) is 14.8 Å².